The molecular weight excluding hydrogens is 476 g/mol. The zero-order chi connectivity index (χ0) is 26.4. The van der Waals surface area contributed by atoms with E-state index in [1.807, 2.05) is 41.5 Å². The number of carbonyl (C=O) groups is 1. The zero-order valence-corrected chi connectivity index (χ0v) is 22.5. The molecule has 1 fully saturated rings. The van der Waals surface area contributed by atoms with E-state index in [2.05, 4.69) is 16.5 Å². The maximum absolute atomic E-state index is 13.6. The van der Waals surface area contributed by atoms with Gasteiger partial charge in [0.1, 0.15) is 11.4 Å². The molecule has 1 aliphatic heterocycles. The first-order chi connectivity index (χ1) is 16.8. The third-order valence-electron chi connectivity index (χ3n) is 6.38. The molecular formula is C27H34N4O4S. The lowest BCUT2D eigenvalue weighted by Crippen LogP contribution is -2.59. The summed E-state index contributed by atoms with van der Waals surface area (Å²) in [6, 6.07) is 8.32. The number of rotatable bonds is 4. The van der Waals surface area contributed by atoms with Crippen LogP contribution in [0, 0.1) is 6.92 Å². The molecule has 192 valence electrons. The lowest BCUT2D eigenvalue weighted by atomic mass is 10.1. The Kier molecular flexibility index (Phi) is 6.64. The van der Waals surface area contributed by atoms with Crippen LogP contribution in [0.25, 0.3) is 17.0 Å². The molecule has 4 rings (SSSR count). The van der Waals surface area contributed by atoms with Crippen LogP contribution in [0.1, 0.15) is 45.7 Å². The van der Waals surface area contributed by atoms with E-state index in [0.717, 1.165) is 5.56 Å². The monoisotopic (exact) mass is 510 g/mol. The normalized spacial score (nSPS) is 18.9. The van der Waals surface area contributed by atoms with Gasteiger partial charge in [0.2, 0.25) is 0 Å². The molecule has 0 radical (unpaired) electrons. The Morgan fingerprint density at radius 1 is 1.11 bits per heavy atom. The molecule has 1 amide bonds. The Labute approximate surface area is 213 Å². The van der Waals surface area contributed by atoms with Crippen molar-refractivity contribution in [1.29, 1.82) is 0 Å². The van der Waals surface area contributed by atoms with Crippen LogP contribution in [-0.4, -0.2) is 59.1 Å². The van der Waals surface area contributed by atoms with Crippen molar-refractivity contribution >= 4 is 38.9 Å². The molecule has 1 aromatic carbocycles. The van der Waals surface area contributed by atoms with Crippen LogP contribution in [0.3, 0.4) is 0 Å². The highest BCUT2D eigenvalue weighted by Gasteiger charge is 2.36. The Balaban J connectivity index is 1.75. The maximum atomic E-state index is 13.6. The smallest absolute Gasteiger partial charge is 0.410 e. The largest absolute Gasteiger partial charge is 0.444 e. The van der Waals surface area contributed by atoms with Crippen LogP contribution < -0.4 is 4.90 Å². The van der Waals surface area contributed by atoms with E-state index in [0.29, 0.717) is 35.4 Å². The Hall–Kier alpha value is -3.33. The lowest BCUT2D eigenvalue weighted by Gasteiger charge is -2.44. The summed E-state index contributed by atoms with van der Waals surface area (Å²) < 4.78 is 34.0. The quantitative estimate of drug-likeness (QED) is 0.488. The fraction of sp³-hybridized carbons (Fsp3) is 0.407. The van der Waals surface area contributed by atoms with Crippen LogP contribution in [0.4, 0.5) is 10.6 Å². The second-order valence-corrected chi connectivity index (χ2v) is 12.2. The highest BCUT2D eigenvalue weighted by atomic mass is 32.2. The number of ether oxygens (including phenoxy) is 1. The summed E-state index contributed by atoms with van der Waals surface area (Å²) in [6.45, 7) is 16.4. The molecule has 2 aromatic heterocycles. The average Bonchev–Trinajstić information content (AvgIpc) is 3.19. The predicted octanol–water partition coefficient (Wildman–Crippen LogP) is 5.06. The number of fused-ring (bicyclic) bond motifs is 1. The number of pyridine rings is 1. The summed E-state index contributed by atoms with van der Waals surface area (Å²) in [4.78, 5) is 21.5. The van der Waals surface area contributed by atoms with Crippen LogP contribution in [0.15, 0.2) is 54.2 Å². The van der Waals surface area contributed by atoms with Crippen molar-refractivity contribution in [2.24, 2.45) is 0 Å². The van der Waals surface area contributed by atoms with Gasteiger partial charge in [-0.15, -0.1) is 0 Å². The number of amides is 1. The molecule has 0 bridgehead atoms. The number of hydrogen-bond acceptors (Lipinski definition) is 6. The fourth-order valence-corrected chi connectivity index (χ4v) is 5.92. The summed E-state index contributed by atoms with van der Waals surface area (Å²) in [5.41, 5.74) is 1.62. The number of anilines is 1. The molecule has 3 aromatic rings. The second kappa shape index (κ2) is 9.28. The fourth-order valence-electron chi connectivity index (χ4n) is 4.55. The van der Waals surface area contributed by atoms with Gasteiger partial charge in [-0.05, 0) is 59.7 Å². The van der Waals surface area contributed by atoms with Crippen LogP contribution in [-0.2, 0) is 14.8 Å². The van der Waals surface area contributed by atoms with Gasteiger partial charge in [-0.25, -0.2) is 22.2 Å². The van der Waals surface area contributed by atoms with E-state index >= 15 is 0 Å². The van der Waals surface area contributed by atoms with Crippen molar-refractivity contribution in [2.75, 3.05) is 18.0 Å². The minimum atomic E-state index is -3.83. The van der Waals surface area contributed by atoms with Gasteiger partial charge < -0.3 is 14.5 Å². The number of carbonyl (C=O) groups excluding carboxylic acids is 1. The van der Waals surface area contributed by atoms with Gasteiger partial charge in [0.25, 0.3) is 10.0 Å². The van der Waals surface area contributed by atoms with Crippen molar-refractivity contribution < 1.29 is 17.9 Å². The van der Waals surface area contributed by atoms with Crippen molar-refractivity contribution in [2.45, 2.75) is 64.1 Å². The first kappa shape index (κ1) is 25.8. The molecule has 3 heterocycles. The number of aromatic nitrogens is 2. The van der Waals surface area contributed by atoms with Gasteiger partial charge in [-0.3, -0.25) is 0 Å². The average molecular weight is 511 g/mol. The minimum Gasteiger partial charge on any atom is -0.444 e. The van der Waals surface area contributed by atoms with E-state index < -0.39 is 15.6 Å². The van der Waals surface area contributed by atoms with E-state index in [4.69, 9.17) is 4.74 Å². The number of hydrogen-bond donors (Lipinski definition) is 0. The van der Waals surface area contributed by atoms with Gasteiger partial charge in [0.15, 0.2) is 0 Å². The highest BCUT2D eigenvalue weighted by Crippen LogP contribution is 2.35. The summed E-state index contributed by atoms with van der Waals surface area (Å²) in [5.74, 6) is 0.670. The molecule has 9 heteroatoms. The van der Waals surface area contributed by atoms with Crippen molar-refractivity contribution in [1.82, 2.24) is 13.9 Å². The molecule has 0 spiro atoms. The highest BCUT2D eigenvalue weighted by molar-refractivity contribution is 7.90. The molecule has 2 atom stereocenters. The third-order valence-corrected chi connectivity index (χ3v) is 8.06. The molecule has 8 nitrogen and oxygen atoms in total. The first-order valence-electron chi connectivity index (χ1n) is 12.0. The van der Waals surface area contributed by atoms with E-state index in [9.17, 15) is 13.2 Å². The second-order valence-electron chi connectivity index (χ2n) is 10.4. The SMILES string of the molecule is C=Cc1cn(S(=O)(=O)c2ccc(C)cc2)c2ccnc(N3CC(C)N(C(=O)OC(C)(C)C)CC3C)c12. The lowest BCUT2D eigenvalue weighted by molar-refractivity contribution is 0.0130. The third kappa shape index (κ3) is 4.72. The van der Waals surface area contributed by atoms with Gasteiger partial charge in [0, 0.05) is 43.1 Å². The summed E-state index contributed by atoms with van der Waals surface area (Å²) in [7, 11) is -3.83. The van der Waals surface area contributed by atoms with Crippen LogP contribution in [0.5, 0.6) is 0 Å². The maximum Gasteiger partial charge on any atom is 0.410 e. The summed E-state index contributed by atoms with van der Waals surface area (Å²) >= 11 is 0. The number of benzene rings is 1. The number of piperazine rings is 1. The molecule has 2 unspecified atom stereocenters. The van der Waals surface area contributed by atoms with E-state index in [1.54, 1.807) is 53.7 Å². The minimum absolute atomic E-state index is 0.0680. The van der Waals surface area contributed by atoms with Gasteiger partial charge in [-0.2, -0.15) is 0 Å². The number of aryl methyl sites for hydroxylation is 1. The van der Waals surface area contributed by atoms with Gasteiger partial charge in [-0.1, -0.05) is 30.4 Å². The van der Waals surface area contributed by atoms with E-state index in [-0.39, 0.29) is 23.1 Å². The first-order valence-corrected chi connectivity index (χ1v) is 13.5. The standard InChI is InChI=1S/C27H34N4O4S/c1-8-21-17-31(36(33,34)22-11-9-18(2)10-12-22)23-13-14-28-25(24(21)23)29-15-20(4)30(16-19(29)3)26(32)35-27(5,6)7/h8-14,17,19-20H,1,15-16H2,2-7H3. The zero-order valence-electron chi connectivity index (χ0n) is 21.7. The molecule has 1 saturated heterocycles. The van der Waals surface area contributed by atoms with Gasteiger partial charge >= 0.3 is 6.09 Å². The summed E-state index contributed by atoms with van der Waals surface area (Å²) in [6.07, 6.45) is 4.54. The molecule has 0 N–H and O–H groups in total. The summed E-state index contributed by atoms with van der Waals surface area (Å²) in [5, 5.41) is 0.716. The number of nitrogens with zero attached hydrogens (tertiary/aromatic N) is 4. The Morgan fingerprint density at radius 2 is 1.78 bits per heavy atom. The van der Waals surface area contributed by atoms with Crippen LogP contribution >= 0.6 is 0 Å². The van der Waals surface area contributed by atoms with Crippen molar-refractivity contribution in [3.8, 4) is 0 Å². The van der Waals surface area contributed by atoms with Crippen molar-refractivity contribution in [3.05, 3.63) is 60.4 Å². The van der Waals surface area contributed by atoms with E-state index in [1.165, 1.54) is 3.97 Å². The molecule has 0 saturated carbocycles. The molecule has 1 aliphatic rings. The topological polar surface area (TPSA) is 84.7 Å². The van der Waals surface area contributed by atoms with Crippen LogP contribution in [0.2, 0.25) is 0 Å². The van der Waals surface area contributed by atoms with Crippen molar-refractivity contribution in [3.63, 3.8) is 0 Å². The Morgan fingerprint density at radius 3 is 2.39 bits per heavy atom. The predicted molar refractivity (Wildman–Crippen MR) is 143 cm³/mol. The Bertz CT molecular complexity index is 1400. The molecule has 0 aliphatic carbocycles. The van der Waals surface area contributed by atoms with Gasteiger partial charge in [0.05, 0.1) is 15.8 Å². The molecule has 36 heavy (non-hydrogen) atoms.